The molecule has 2 aromatic heterocycles. The third-order valence-electron chi connectivity index (χ3n) is 4.60. The fourth-order valence-corrected chi connectivity index (χ4v) is 3.27. The molecule has 128 valence electrons. The summed E-state index contributed by atoms with van der Waals surface area (Å²) in [6.07, 6.45) is 3.51. The molecule has 0 atom stereocenters. The zero-order chi connectivity index (χ0) is 17.2. The monoisotopic (exact) mass is 335 g/mol. The van der Waals surface area contributed by atoms with Gasteiger partial charge in [0.1, 0.15) is 0 Å². The number of hydrogen-bond donors (Lipinski definition) is 0. The standard InChI is InChI=1S/C19H21N5O/c1-15-4-2-5-16(12-15)14-22-8-10-23(11-9-22)19(25)17-13-18-20-6-3-7-24(18)21-17/h2-7,12-13H,8-11,14H2,1H3. The Hall–Kier alpha value is -2.73. The van der Waals surface area contributed by atoms with Crippen LogP contribution < -0.4 is 0 Å². The van der Waals surface area contributed by atoms with Gasteiger partial charge in [0.05, 0.1) is 0 Å². The summed E-state index contributed by atoms with van der Waals surface area (Å²) in [7, 11) is 0. The van der Waals surface area contributed by atoms with Crippen molar-refractivity contribution in [1.29, 1.82) is 0 Å². The Morgan fingerprint density at radius 3 is 2.72 bits per heavy atom. The Balaban J connectivity index is 1.38. The SMILES string of the molecule is Cc1cccc(CN2CCN(C(=O)c3cc4ncccn4n3)CC2)c1. The summed E-state index contributed by atoms with van der Waals surface area (Å²) in [6, 6.07) is 12.2. The molecule has 0 saturated carbocycles. The molecule has 0 N–H and O–H groups in total. The van der Waals surface area contributed by atoms with E-state index in [1.165, 1.54) is 11.1 Å². The lowest BCUT2D eigenvalue weighted by Crippen LogP contribution is -2.48. The smallest absolute Gasteiger partial charge is 0.274 e. The molecule has 0 spiro atoms. The molecular formula is C19H21N5O. The Labute approximate surface area is 146 Å². The highest BCUT2D eigenvalue weighted by Crippen LogP contribution is 2.13. The van der Waals surface area contributed by atoms with E-state index in [4.69, 9.17) is 0 Å². The molecule has 1 saturated heterocycles. The number of benzene rings is 1. The molecule has 1 aliphatic rings. The van der Waals surface area contributed by atoms with Crippen LogP contribution in [-0.4, -0.2) is 56.5 Å². The summed E-state index contributed by atoms with van der Waals surface area (Å²) >= 11 is 0. The third kappa shape index (κ3) is 3.39. The maximum Gasteiger partial charge on any atom is 0.274 e. The van der Waals surface area contributed by atoms with E-state index in [1.54, 1.807) is 29.0 Å². The Morgan fingerprint density at radius 1 is 1.12 bits per heavy atom. The highest BCUT2D eigenvalue weighted by Gasteiger charge is 2.24. The quantitative estimate of drug-likeness (QED) is 0.735. The van der Waals surface area contributed by atoms with E-state index in [-0.39, 0.29) is 5.91 Å². The second kappa shape index (κ2) is 6.64. The minimum atomic E-state index is -0.0132. The largest absolute Gasteiger partial charge is 0.335 e. The van der Waals surface area contributed by atoms with E-state index >= 15 is 0 Å². The molecule has 25 heavy (non-hydrogen) atoms. The van der Waals surface area contributed by atoms with E-state index in [1.807, 2.05) is 4.90 Å². The van der Waals surface area contributed by atoms with Gasteiger partial charge in [-0.05, 0) is 18.6 Å². The van der Waals surface area contributed by atoms with Crippen molar-refractivity contribution >= 4 is 11.6 Å². The van der Waals surface area contributed by atoms with Crippen molar-refractivity contribution in [2.75, 3.05) is 26.2 Å². The second-order valence-electron chi connectivity index (χ2n) is 6.51. The van der Waals surface area contributed by atoms with Gasteiger partial charge < -0.3 is 4.90 Å². The van der Waals surface area contributed by atoms with Crippen molar-refractivity contribution in [3.8, 4) is 0 Å². The normalized spacial score (nSPS) is 15.6. The molecule has 0 bridgehead atoms. The first-order valence-corrected chi connectivity index (χ1v) is 8.57. The first kappa shape index (κ1) is 15.8. The third-order valence-corrected chi connectivity index (χ3v) is 4.60. The Bertz CT molecular complexity index is 862. The average Bonchev–Trinajstić information content (AvgIpc) is 3.06. The number of fused-ring (bicyclic) bond motifs is 1. The Morgan fingerprint density at radius 2 is 1.96 bits per heavy atom. The van der Waals surface area contributed by atoms with Crippen molar-refractivity contribution in [1.82, 2.24) is 24.4 Å². The van der Waals surface area contributed by atoms with Gasteiger partial charge in [-0.3, -0.25) is 9.69 Å². The number of aromatic nitrogens is 3. The lowest BCUT2D eigenvalue weighted by atomic mass is 10.1. The number of carbonyl (C=O) groups excluding carboxylic acids is 1. The highest BCUT2D eigenvalue weighted by atomic mass is 16.2. The number of rotatable bonds is 3. The van der Waals surface area contributed by atoms with E-state index in [9.17, 15) is 4.79 Å². The lowest BCUT2D eigenvalue weighted by Gasteiger charge is -2.34. The van der Waals surface area contributed by atoms with Crippen LogP contribution in [0.3, 0.4) is 0 Å². The zero-order valence-electron chi connectivity index (χ0n) is 14.3. The maximum absolute atomic E-state index is 12.7. The maximum atomic E-state index is 12.7. The van der Waals surface area contributed by atoms with E-state index < -0.39 is 0 Å². The lowest BCUT2D eigenvalue weighted by molar-refractivity contribution is 0.0622. The van der Waals surface area contributed by atoms with Gasteiger partial charge in [0.25, 0.3) is 5.91 Å². The molecule has 1 fully saturated rings. The molecule has 1 aromatic carbocycles. The number of hydrogen-bond acceptors (Lipinski definition) is 4. The predicted octanol–water partition coefficient (Wildman–Crippen LogP) is 2.00. The van der Waals surface area contributed by atoms with Crippen molar-refractivity contribution < 1.29 is 4.79 Å². The van der Waals surface area contributed by atoms with Crippen LogP contribution in [0.2, 0.25) is 0 Å². The van der Waals surface area contributed by atoms with Crippen LogP contribution in [0.1, 0.15) is 21.6 Å². The summed E-state index contributed by atoms with van der Waals surface area (Å²) in [4.78, 5) is 21.2. The molecule has 1 amide bonds. The average molecular weight is 335 g/mol. The molecule has 3 heterocycles. The molecule has 6 heteroatoms. The van der Waals surface area contributed by atoms with Gasteiger partial charge in [0, 0.05) is 51.2 Å². The zero-order valence-corrected chi connectivity index (χ0v) is 14.3. The summed E-state index contributed by atoms with van der Waals surface area (Å²) in [6.45, 7) is 6.26. The van der Waals surface area contributed by atoms with Crippen molar-refractivity contribution in [2.24, 2.45) is 0 Å². The van der Waals surface area contributed by atoms with Crippen LogP contribution in [0.4, 0.5) is 0 Å². The molecule has 4 rings (SSSR count). The number of amides is 1. The number of carbonyl (C=O) groups is 1. The minimum Gasteiger partial charge on any atom is -0.335 e. The topological polar surface area (TPSA) is 53.7 Å². The van der Waals surface area contributed by atoms with E-state index in [0.717, 1.165) is 32.7 Å². The summed E-state index contributed by atoms with van der Waals surface area (Å²) in [5.41, 5.74) is 3.77. The summed E-state index contributed by atoms with van der Waals surface area (Å²) in [5.74, 6) is -0.0132. The molecule has 1 aliphatic heterocycles. The van der Waals surface area contributed by atoms with Crippen molar-refractivity contribution in [3.05, 3.63) is 65.6 Å². The van der Waals surface area contributed by atoms with Crippen LogP contribution in [0.15, 0.2) is 48.8 Å². The molecule has 0 radical (unpaired) electrons. The first-order chi connectivity index (χ1) is 12.2. The van der Waals surface area contributed by atoms with Gasteiger partial charge in [-0.1, -0.05) is 29.8 Å². The minimum absolute atomic E-state index is 0.0132. The van der Waals surface area contributed by atoms with E-state index in [0.29, 0.717) is 11.3 Å². The summed E-state index contributed by atoms with van der Waals surface area (Å²) in [5, 5.41) is 4.33. The van der Waals surface area contributed by atoms with Gasteiger partial charge in [-0.15, -0.1) is 0 Å². The molecular weight excluding hydrogens is 314 g/mol. The number of nitrogens with zero attached hydrogens (tertiary/aromatic N) is 5. The Kier molecular flexibility index (Phi) is 4.19. The predicted molar refractivity (Wildman–Crippen MR) is 95.3 cm³/mol. The van der Waals surface area contributed by atoms with Crippen LogP contribution in [0.25, 0.3) is 5.65 Å². The number of piperazine rings is 1. The highest BCUT2D eigenvalue weighted by molar-refractivity contribution is 5.93. The number of aryl methyl sites for hydroxylation is 1. The van der Waals surface area contributed by atoms with Crippen LogP contribution >= 0.6 is 0 Å². The molecule has 0 unspecified atom stereocenters. The van der Waals surface area contributed by atoms with Crippen LogP contribution in [0.5, 0.6) is 0 Å². The van der Waals surface area contributed by atoms with Gasteiger partial charge in [-0.2, -0.15) is 5.10 Å². The van der Waals surface area contributed by atoms with Gasteiger partial charge in [-0.25, -0.2) is 9.50 Å². The summed E-state index contributed by atoms with van der Waals surface area (Å²) < 4.78 is 1.64. The molecule has 0 aliphatic carbocycles. The van der Waals surface area contributed by atoms with Crippen LogP contribution in [-0.2, 0) is 6.54 Å². The van der Waals surface area contributed by atoms with Gasteiger partial charge in [0.2, 0.25) is 0 Å². The van der Waals surface area contributed by atoms with E-state index in [2.05, 4.69) is 46.2 Å². The molecule has 6 nitrogen and oxygen atoms in total. The van der Waals surface area contributed by atoms with Gasteiger partial charge in [0.15, 0.2) is 11.3 Å². The van der Waals surface area contributed by atoms with Crippen LogP contribution in [0, 0.1) is 6.92 Å². The first-order valence-electron chi connectivity index (χ1n) is 8.57. The molecule has 3 aromatic rings. The van der Waals surface area contributed by atoms with Crippen molar-refractivity contribution in [2.45, 2.75) is 13.5 Å². The van der Waals surface area contributed by atoms with Gasteiger partial charge >= 0.3 is 0 Å². The second-order valence-corrected chi connectivity index (χ2v) is 6.51. The fourth-order valence-electron chi connectivity index (χ4n) is 3.27. The fraction of sp³-hybridized carbons (Fsp3) is 0.316. The van der Waals surface area contributed by atoms with Crippen molar-refractivity contribution in [3.63, 3.8) is 0 Å².